The van der Waals surface area contributed by atoms with E-state index in [0.29, 0.717) is 25.4 Å². The molecule has 2 N–H and O–H groups in total. The molecule has 0 aliphatic carbocycles. The zero-order chi connectivity index (χ0) is 16.4. The molecular weight excluding hydrogens is 337 g/mol. The van der Waals surface area contributed by atoms with Crippen LogP contribution in [0.25, 0.3) is 0 Å². The van der Waals surface area contributed by atoms with Crippen LogP contribution in [0, 0.1) is 0 Å². The average molecular weight is 356 g/mol. The molecule has 132 valence electrons. The number of halogens is 4. The molecule has 5 nitrogen and oxygen atoms in total. The number of hydrogen-bond donors (Lipinski definition) is 2. The summed E-state index contributed by atoms with van der Waals surface area (Å²) in [6.07, 6.45) is -3.93. The van der Waals surface area contributed by atoms with Gasteiger partial charge in [-0.25, -0.2) is 0 Å². The number of ether oxygens (including phenoxy) is 2. The maximum atomic E-state index is 12.0. The van der Waals surface area contributed by atoms with E-state index in [4.69, 9.17) is 4.74 Å². The molecule has 0 spiro atoms. The third-order valence-electron chi connectivity index (χ3n) is 2.50. The van der Waals surface area contributed by atoms with Crippen molar-refractivity contribution in [2.24, 2.45) is 0 Å². The van der Waals surface area contributed by atoms with Gasteiger partial charge in [0, 0.05) is 18.9 Å². The molecule has 1 amide bonds. The van der Waals surface area contributed by atoms with Crippen LogP contribution in [0.15, 0.2) is 24.3 Å². The van der Waals surface area contributed by atoms with Crippen molar-refractivity contribution in [1.29, 1.82) is 0 Å². The summed E-state index contributed by atoms with van der Waals surface area (Å²) in [5.41, 5.74) is 0.399. The van der Waals surface area contributed by atoms with Gasteiger partial charge in [-0.05, 0) is 44.2 Å². The fourth-order valence-electron chi connectivity index (χ4n) is 1.59. The van der Waals surface area contributed by atoms with Crippen LogP contribution >= 0.6 is 0 Å². The molecule has 0 aliphatic rings. The number of hydrogen-bond acceptors (Lipinski definition) is 4. The van der Waals surface area contributed by atoms with E-state index in [2.05, 4.69) is 15.4 Å². The van der Waals surface area contributed by atoms with E-state index in [-0.39, 0.29) is 30.6 Å². The van der Waals surface area contributed by atoms with E-state index in [0.717, 1.165) is 18.6 Å². The first kappa shape index (κ1) is 21.5. The molecule has 0 aliphatic heterocycles. The predicted molar refractivity (Wildman–Crippen MR) is 75.7 cm³/mol. The van der Waals surface area contributed by atoms with Crippen molar-refractivity contribution in [2.45, 2.75) is 19.7 Å². The van der Waals surface area contributed by atoms with Crippen LogP contribution in [0.2, 0.25) is 0 Å². The summed E-state index contributed by atoms with van der Waals surface area (Å²) < 4.78 is 44.9. The number of amides is 1. The maximum absolute atomic E-state index is 12.0. The highest BCUT2D eigenvalue weighted by atomic mass is 35.5. The Morgan fingerprint density at radius 2 is 1.87 bits per heavy atom. The van der Waals surface area contributed by atoms with Crippen molar-refractivity contribution in [3.8, 4) is 5.75 Å². The molecule has 0 fully saturated rings. The van der Waals surface area contributed by atoms with Gasteiger partial charge >= 0.3 is 6.36 Å². The number of nitrogens with one attached hydrogen (secondary N) is 2. The number of carbonyl (C=O) groups is 1. The molecule has 0 atom stereocenters. The summed E-state index contributed by atoms with van der Waals surface area (Å²) >= 11 is 0. The second-order valence-corrected chi connectivity index (χ2v) is 4.35. The highest BCUT2D eigenvalue weighted by Crippen LogP contribution is 2.23. The lowest BCUT2D eigenvalue weighted by Gasteiger charge is -2.10. The van der Waals surface area contributed by atoms with E-state index in [1.165, 1.54) is 12.1 Å². The zero-order valence-electron chi connectivity index (χ0n) is 12.6. The van der Waals surface area contributed by atoms with Gasteiger partial charge in [0.1, 0.15) is 5.75 Å². The van der Waals surface area contributed by atoms with Gasteiger partial charge in [-0.2, -0.15) is 0 Å². The fourth-order valence-corrected chi connectivity index (χ4v) is 1.59. The Labute approximate surface area is 138 Å². The minimum absolute atomic E-state index is 0. The standard InChI is InChI=1S/C14H19F3N2O3.ClH/c1-2-21-9-3-8-18-10-13(20)19-11-4-6-12(7-5-11)22-14(15,16)17;/h4-7,18H,2-3,8-10H2,1H3,(H,19,20);1H/p-1. The van der Waals surface area contributed by atoms with Crippen molar-refractivity contribution >= 4 is 11.6 Å². The lowest BCUT2D eigenvalue weighted by Crippen LogP contribution is -3.00. The summed E-state index contributed by atoms with van der Waals surface area (Å²) in [6.45, 7) is 3.96. The minimum atomic E-state index is -4.73. The van der Waals surface area contributed by atoms with Gasteiger partial charge in [0.15, 0.2) is 0 Å². The highest BCUT2D eigenvalue weighted by molar-refractivity contribution is 5.92. The maximum Gasteiger partial charge on any atom is 0.573 e. The number of rotatable bonds is 9. The number of carbonyl (C=O) groups excluding carboxylic acids is 1. The summed E-state index contributed by atoms with van der Waals surface area (Å²) in [5.74, 6) is -0.611. The Morgan fingerprint density at radius 3 is 2.43 bits per heavy atom. The van der Waals surface area contributed by atoms with Gasteiger partial charge in [-0.1, -0.05) is 0 Å². The smallest absolute Gasteiger partial charge is 0.573 e. The Hall–Kier alpha value is -1.51. The average Bonchev–Trinajstić information content (AvgIpc) is 2.43. The van der Waals surface area contributed by atoms with E-state index in [1.807, 2.05) is 6.92 Å². The van der Waals surface area contributed by atoms with Crippen molar-refractivity contribution in [3.05, 3.63) is 24.3 Å². The molecule has 0 saturated carbocycles. The molecule has 0 bridgehead atoms. The molecule has 1 aromatic carbocycles. The Morgan fingerprint density at radius 1 is 1.22 bits per heavy atom. The van der Waals surface area contributed by atoms with Gasteiger partial charge in [0.05, 0.1) is 6.54 Å². The summed E-state index contributed by atoms with van der Waals surface area (Å²) in [4.78, 5) is 11.6. The normalized spacial score (nSPS) is 10.8. The molecule has 0 unspecified atom stereocenters. The fraction of sp³-hybridized carbons (Fsp3) is 0.500. The first-order valence-electron chi connectivity index (χ1n) is 6.85. The third kappa shape index (κ3) is 10.8. The van der Waals surface area contributed by atoms with E-state index in [9.17, 15) is 18.0 Å². The number of anilines is 1. The molecule has 1 rings (SSSR count). The van der Waals surface area contributed by atoms with Gasteiger partial charge in [0.2, 0.25) is 5.91 Å². The lowest BCUT2D eigenvalue weighted by atomic mass is 10.3. The van der Waals surface area contributed by atoms with Gasteiger partial charge < -0.3 is 32.5 Å². The number of alkyl halides is 3. The van der Waals surface area contributed by atoms with E-state index >= 15 is 0 Å². The summed E-state index contributed by atoms with van der Waals surface area (Å²) in [7, 11) is 0. The van der Waals surface area contributed by atoms with Crippen LogP contribution in [0.5, 0.6) is 5.75 Å². The van der Waals surface area contributed by atoms with Crippen LogP contribution in [-0.4, -0.2) is 38.6 Å². The van der Waals surface area contributed by atoms with Crippen LogP contribution in [0.4, 0.5) is 18.9 Å². The molecule has 0 heterocycles. The monoisotopic (exact) mass is 355 g/mol. The Balaban J connectivity index is 0.00000484. The van der Waals surface area contributed by atoms with Crippen molar-refractivity contribution in [3.63, 3.8) is 0 Å². The molecule has 1 aromatic rings. The zero-order valence-corrected chi connectivity index (χ0v) is 13.3. The van der Waals surface area contributed by atoms with Crippen LogP contribution in [0.3, 0.4) is 0 Å². The topological polar surface area (TPSA) is 59.6 Å². The molecule has 0 aromatic heterocycles. The van der Waals surface area contributed by atoms with Crippen molar-refractivity contribution < 1.29 is 39.8 Å². The lowest BCUT2D eigenvalue weighted by molar-refractivity contribution is -0.274. The van der Waals surface area contributed by atoms with Gasteiger partial charge in [-0.3, -0.25) is 4.79 Å². The van der Waals surface area contributed by atoms with Crippen LogP contribution < -0.4 is 27.8 Å². The third-order valence-corrected chi connectivity index (χ3v) is 2.50. The summed E-state index contributed by atoms with van der Waals surface area (Å²) in [6, 6.07) is 4.96. The van der Waals surface area contributed by atoms with Crippen LogP contribution in [-0.2, 0) is 9.53 Å². The molecule has 23 heavy (non-hydrogen) atoms. The second-order valence-electron chi connectivity index (χ2n) is 4.35. The number of benzene rings is 1. The van der Waals surface area contributed by atoms with Gasteiger partial charge in [0.25, 0.3) is 0 Å². The molecule has 9 heteroatoms. The molecule has 0 radical (unpaired) electrons. The summed E-state index contributed by atoms with van der Waals surface area (Å²) in [5, 5.41) is 5.51. The van der Waals surface area contributed by atoms with Crippen molar-refractivity contribution in [1.82, 2.24) is 5.32 Å². The van der Waals surface area contributed by atoms with E-state index < -0.39 is 6.36 Å². The minimum Gasteiger partial charge on any atom is -1.00 e. The molecular formula is C14H19ClF3N2O3-. The predicted octanol–water partition coefficient (Wildman–Crippen LogP) is -0.456. The van der Waals surface area contributed by atoms with Crippen LogP contribution in [0.1, 0.15) is 13.3 Å². The quantitative estimate of drug-likeness (QED) is 0.589. The SMILES string of the molecule is CCOCCCNCC(=O)Nc1ccc(OC(F)(F)F)cc1.[Cl-]. The Kier molecular flexibility index (Phi) is 10.4. The van der Waals surface area contributed by atoms with Gasteiger partial charge in [-0.15, -0.1) is 13.2 Å². The van der Waals surface area contributed by atoms with E-state index in [1.54, 1.807) is 0 Å². The first-order chi connectivity index (χ1) is 10.4. The molecule has 0 saturated heterocycles. The highest BCUT2D eigenvalue weighted by Gasteiger charge is 2.30. The second kappa shape index (κ2) is 11.1. The largest absolute Gasteiger partial charge is 1.00 e. The first-order valence-corrected chi connectivity index (χ1v) is 6.85. The Bertz CT molecular complexity index is 456. The van der Waals surface area contributed by atoms with Crippen molar-refractivity contribution in [2.75, 3.05) is 31.6 Å².